The molecular formula is C14H13N4O2. The van der Waals surface area contributed by atoms with Gasteiger partial charge in [0.25, 0.3) is 5.91 Å². The predicted molar refractivity (Wildman–Crippen MR) is 75.6 cm³/mol. The zero-order valence-corrected chi connectivity index (χ0v) is 11.0. The summed E-state index contributed by atoms with van der Waals surface area (Å²) < 4.78 is 5.66. The standard InChI is InChI=1S/C14H13N4O2/c1-2-7-20-10-6-4-3-5-9(10)12-17-13-11(14(19)18-12)15-8-16-13/h3-6,8,11H,2,7H2,1H3. The number of hydrogen-bond donors (Lipinski definition) is 0. The van der Waals surface area contributed by atoms with Crippen LogP contribution >= 0.6 is 0 Å². The van der Waals surface area contributed by atoms with Crippen molar-refractivity contribution in [1.82, 2.24) is 5.32 Å². The average Bonchev–Trinajstić information content (AvgIpc) is 2.94. The van der Waals surface area contributed by atoms with Crippen LogP contribution in [0.3, 0.4) is 0 Å². The lowest BCUT2D eigenvalue weighted by atomic mass is 10.1. The van der Waals surface area contributed by atoms with Gasteiger partial charge >= 0.3 is 0 Å². The molecule has 1 radical (unpaired) electrons. The Morgan fingerprint density at radius 2 is 2.10 bits per heavy atom. The number of amidine groups is 2. The summed E-state index contributed by atoms with van der Waals surface area (Å²) in [6.45, 7) is 2.63. The highest BCUT2D eigenvalue weighted by Gasteiger charge is 2.33. The Hall–Kier alpha value is -2.50. The summed E-state index contributed by atoms with van der Waals surface area (Å²) in [7, 11) is 0. The third kappa shape index (κ3) is 2.20. The van der Waals surface area contributed by atoms with Gasteiger partial charge in [0.05, 0.1) is 12.2 Å². The number of ether oxygens (including phenoxy) is 1. The summed E-state index contributed by atoms with van der Waals surface area (Å²) in [6.07, 6.45) is 2.25. The van der Waals surface area contributed by atoms with Crippen molar-refractivity contribution in [1.29, 1.82) is 0 Å². The molecule has 0 aromatic heterocycles. The van der Waals surface area contributed by atoms with E-state index in [4.69, 9.17) is 4.74 Å². The first kappa shape index (κ1) is 12.5. The number of fused-ring (bicyclic) bond motifs is 1. The van der Waals surface area contributed by atoms with Crippen LogP contribution in [0.5, 0.6) is 5.75 Å². The summed E-state index contributed by atoms with van der Waals surface area (Å²) in [5, 5.41) is 3.93. The Kier molecular flexibility index (Phi) is 3.28. The first-order valence-corrected chi connectivity index (χ1v) is 6.45. The van der Waals surface area contributed by atoms with E-state index in [1.165, 1.54) is 6.34 Å². The number of para-hydroxylation sites is 1. The fourth-order valence-corrected chi connectivity index (χ4v) is 1.97. The molecule has 0 N–H and O–H groups in total. The van der Waals surface area contributed by atoms with Crippen LogP contribution in [-0.2, 0) is 4.79 Å². The largest absolute Gasteiger partial charge is 0.493 e. The summed E-state index contributed by atoms with van der Waals surface area (Å²) in [5.41, 5.74) is 0.697. The van der Waals surface area contributed by atoms with Crippen molar-refractivity contribution in [2.45, 2.75) is 19.4 Å². The summed E-state index contributed by atoms with van der Waals surface area (Å²) in [6, 6.07) is 6.74. The van der Waals surface area contributed by atoms with Crippen LogP contribution in [0.1, 0.15) is 18.9 Å². The molecule has 0 saturated carbocycles. The molecule has 6 heteroatoms. The predicted octanol–water partition coefficient (Wildman–Crippen LogP) is 1.18. The smallest absolute Gasteiger partial charge is 0.280 e. The lowest BCUT2D eigenvalue weighted by molar-refractivity contribution is -0.118. The molecule has 1 aromatic rings. The second-order valence-electron chi connectivity index (χ2n) is 4.38. The second kappa shape index (κ2) is 5.24. The van der Waals surface area contributed by atoms with E-state index in [0.29, 0.717) is 29.6 Å². The number of benzene rings is 1. The molecule has 0 fully saturated rings. The normalized spacial score (nSPS) is 20.1. The van der Waals surface area contributed by atoms with E-state index in [-0.39, 0.29) is 5.91 Å². The number of amides is 1. The van der Waals surface area contributed by atoms with Gasteiger partial charge in [0.2, 0.25) is 0 Å². The van der Waals surface area contributed by atoms with E-state index in [2.05, 4.69) is 20.3 Å². The highest BCUT2D eigenvalue weighted by molar-refractivity contribution is 6.25. The van der Waals surface area contributed by atoms with Gasteiger partial charge in [-0.3, -0.25) is 10.1 Å². The zero-order valence-electron chi connectivity index (χ0n) is 11.0. The Bertz CT molecular complexity index is 634. The number of nitrogens with zero attached hydrogens (tertiary/aromatic N) is 4. The minimum atomic E-state index is -0.664. The second-order valence-corrected chi connectivity index (χ2v) is 4.38. The monoisotopic (exact) mass is 269 g/mol. The molecule has 2 heterocycles. The highest BCUT2D eigenvalue weighted by Crippen LogP contribution is 2.22. The van der Waals surface area contributed by atoms with Crippen molar-refractivity contribution >= 4 is 23.9 Å². The van der Waals surface area contributed by atoms with E-state index in [1.54, 1.807) is 0 Å². The SMILES string of the molecule is CCCOc1ccccc1C1=NC(=O)C2[N]C=NC2=N1. The van der Waals surface area contributed by atoms with Gasteiger partial charge in [0, 0.05) is 0 Å². The minimum Gasteiger partial charge on any atom is -0.493 e. The summed E-state index contributed by atoms with van der Waals surface area (Å²) >= 11 is 0. The molecule has 1 atom stereocenters. The molecule has 2 aliphatic rings. The molecule has 0 bridgehead atoms. The van der Waals surface area contributed by atoms with E-state index in [9.17, 15) is 4.79 Å². The third-order valence-corrected chi connectivity index (χ3v) is 2.91. The molecule has 2 aliphatic heterocycles. The van der Waals surface area contributed by atoms with Crippen LogP contribution in [0.4, 0.5) is 0 Å². The lowest BCUT2D eigenvalue weighted by Crippen LogP contribution is -2.35. The first-order valence-electron chi connectivity index (χ1n) is 6.45. The quantitative estimate of drug-likeness (QED) is 0.822. The maximum atomic E-state index is 11.9. The van der Waals surface area contributed by atoms with Gasteiger partial charge in [0.1, 0.15) is 12.1 Å². The van der Waals surface area contributed by atoms with Gasteiger partial charge in [-0.25, -0.2) is 9.98 Å². The van der Waals surface area contributed by atoms with Crippen molar-refractivity contribution in [3.63, 3.8) is 0 Å². The molecule has 6 nitrogen and oxygen atoms in total. The van der Waals surface area contributed by atoms with Crippen molar-refractivity contribution < 1.29 is 9.53 Å². The van der Waals surface area contributed by atoms with Crippen LogP contribution in [0.25, 0.3) is 0 Å². The molecule has 101 valence electrons. The van der Waals surface area contributed by atoms with Crippen molar-refractivity contribution in [2.24, 2.45) is 15.0 Å². The molecule has 20 heavy (non-hydrogen) atoms. The van der Waals surface area contributed by atoms with Crippen LogP contribution in [0.15, 0.2) is 39.2 Å². The number of hydrogen-bond acceptors (Lipinski definition) is 4. The molecule has 0 saturated heterocycles. The van der Waals surface area contributed by atoms with Gasteiger partial charge in [0.15, 0.2) is 17.7 Å². The van der Waals surface area contributed by atoms with E-state index in [1.807, 2.05) is 31.2 Å². The topological polar surface area (TPSA) is 77.5 Å². The van der Waals surface area contributed by atoms with Gasteiger partial charge in [-0.15, -0.1) is 0 Å². The fourth-order valence-electron chi connectivity index (χ4n) is 1.97. The molecule has 0 aliphatic carbocycles. The Balaban J connectivity index is 1.97. The molecule has 1 amide bonds. The minimum absolute atomic E-state index is 0.335. The van der Waals surface area contributed by atoms with Gasteiger partial charge < -0.3 is 4.74 Å². The van der Waals surface area contributed by atoms with E-state index in [0.717, 1.165) is 6.42 Å². The Morgan fingerprint density at radius 1 is 1.25 bits per heavy atom. The zero-order chi connectivity index (χ0) is 13.9. The van der Waals surface area contributed by atoms with Crippen LogP contribution in [0.2, 0.25) is 0 Å². The molecule has 3 rings (SSSR count). The summed E-state index contributed by atoms with van der Waals surface area (Å²) in [5.74, 6) is 1.06. The molecule has 1 aromatic carbocycles. The number of carbonyl (C=O) groups excluding carboxylic acids is 1. The lowest BCUT2D eigenvalue weighted by Gasteiger charge is -2.14. The maximum absolute atomic E-state index is 11.9. The van der Waals surface area contributed by atoms with Crippen LogP contribution in [0, 0.1) is 0 Å². The van der Waals surface area contributed by atoms with Crippen molar-refractivity contribution in [3.8, 4) is 5.75 Å². The van der Waals surface area contributed by atoms with Gasteiger partial charge in [-0.05, 0) is 18.6 Å². The number of aliphatic imine (C=N–C) groups is 3. The summed E-state index contributed by atoms with van der Waals surface area (Å²) in [4.78, 5) is 24.2. The van der Waals surface area contributed by atoms with E-state index >= 15 is 0 Å². The fraction of sp³-hybridized carbons (Fsp3) is 0.286. The van der Waals surface area contributed by atoms with Gasteiger partial charge in [-0.1, -0.05) is 19.1 Å². The Morgan fingerprint density at radius 3 is 2.95 bits per heavy atom. The number of carbonyl (C=O) groups is 1. The highest BCUT2D eigenvalue weighted by atomic mass is 16.5. The molecule has 1 unspecified atom stereocenters. The average molecular weight is 269 g/mol. The molecule has 0 spiro atoms. The molecular weight excluding hydrogens is 256 g/mol. The van der Waals surface area contributed by atoms with Crippen LogP contribution < -0.4 is 10.1 Å². The van der Waals surface area contributed by atoms with Crippen molar-refractivity contribution in [2.75, 3.05) is 6.61 Å². The maximum Gasteiger partial charge on any atom is 0.280 e. The van der Waals surface area contributed by atoms with Gasteiger partial charge in [-0.2, -0.15) is 4.99 Å². The Labute approximate surface area is 116 Å². The number of rotatable bonds is 4. The van der Waals surface area contributed by atoms with E-state index < -0.39 is 6.04 Å². The van der Waals surface area contributed by atoms with Crippen LogP contribution in [-0.4, -0.2) is 36.6 Å². The first-order chi connectivity index (χ1) is 9.79. The van der Waals surface area contributed by atoms with Crippen molar-refractivity contribution in [3.05, 3.63) is 29.8 Å². The third-order valence-electron chi connectivity index (χ3n) is 2.91.